The van der Waals surface area contributed by atoms with Gasteiger partial charge < -0.3 is 13.3 Å². The van der Waals surface area contributed by atoms with Crippen LogP contribution in [0.1, 0.15) is 97.8 Å². The van der Waals surface area contributed by atoms with E-state index in [4.69, 9.17) is 4.74 Å². The summed E-state index contributed by atoms with van der Waals surface area (Å²) >= 11 is 0. The molecule has 0 fully saturated rings. The van der Waals surface area contributed by atoms with Gasteiger partial charge in [-0.05, 0) is 62.8 Å². The monoisotopic (exact) mass is 754 g/mol. The second-order valence-electron chi connectivity index (χ2n) is 11.3. The van der Waals surface area contributed by atoms with Crippen molar-refractivity contribution in [1.29, 1.82) is 0 Å². The number of isocyanates is 1. The Bertz CT molecular complexity index is 1280. The van der Waals surface area contributed by atoms with Gasteiger partial charge in [0.05, 0.1) is 25.3 Å². The first kappa shape index (κ1) is 46.3. The average Bonchev–Trinajstić information content (AvgIpc) is 2.99. The highest BCUT2D eigenvalue weighted by molar-refractivity contribution is 8.13. The van der Waals surface area contributed by atoms with Crippen LogP contribution in [0.3, 0.4) is 0 Å². The van der Waals surface area contributed by atoms with Gasteiger partial charge in [-0.25, -0.2) is 26.4 Å². The van der Waals surface area contributed by atoms with E-state index < -0.39 is 37.2 Å². The van der Waals surface area contributed by atoms with Crippen LogP contribution in [-0.4, -0.2) is 77.3 Å². The Hall–Kier alpha value is -2.73. The van der Waals surface area contributed by atoms with Crippen molar-refractivity contribution in [2.45, 2.75) is 109 Å². The summed E-state index contributed by atoms with van der Waals surface area (Å²) in [5.41, 5.74) is -11.3. The molecule has 0 heterocycles. The third-order valence-corrected chi connectivity index (χ3v) is 10.1. The molecule has 0 radical (unpaired) electrons. The molecule has 11 nitrogen and oxygen atoms in total. The quantitative estimate of drug-likeness (QED) is 0.0409. The summed E-state index contributed by atoms with van der Waals surface area (Å²) < 4.78 is 116. The molecule has 0 unspecified atom stereocenters. The molecule has 19 heteroatoms. The molecule has 49 heavy (non-hydrogen) atoms. The summed E-state index contributed by atoms with van der Waals surface area (Å²) in [6.07, 6.45) is 16.3. The minimum atomic E-state index is -6.72. The number of sulfonamides is 2. The number of benzene rings is 1. The predicted molar refractivity (Wildman–Crippen MR) is 175 cm³/mol. The van der Waals surface area contributed by atoms with E-state index in [-0.39, 0.29) is 0 Å². The smallest absolute Gasteiger partial charge is 0.443 e. The fourth-order valence-electron chi connectivity index (χ4n) is 4.66. The molecular weight excluding hydrogens is 706 g/mol. The topological polar surface area (TPSA) is 150 Å². The van der Waals surface area contributed by atoms with Crippen LogP contribution in [0.4, 0.5) is 42.5 Å². The molecule has 1 aromatic carbocycles. The maximum absolute atomic E-state index is 12.4. The van der Waals surface area contributed by atoms with E-state index in [2.05, 4.69) is 31.1 Å². The third-order valence-electron chi connectivity index (χ3n) is 7.33. The Morgan fingerprint density at radius 2 is 1.14 bits per heavy atom. The number of nitrogens with zero attached hydrogens (tertiary/aromatic N) is 3. The summed E-state index contributed by atoms with van der Waals surface area (Å²) in [6.45, 7) is 11.6. The van der Waals surface area contributed by atoms with Crippen molar-refractivity contribution < 1.29 is 62.0 Å². The zero-order chi connectivity index (χ0) is 37.6. The van der Waals surface area contributed by atoms with Gasteiger partial charge in [0, 0.05) is 5.69 Å². The summed E-state index contributed by atoms with van der Waals surface area (Å²) in [7, 11) is -13.4. The number of amides is 1. The Labute approximate surface area is 285 Å². The SMILES string of the molecule is CCCCCC[N+](CCCCCC)(CCCCCC)CCOC(=O)Nc1ccc(N=C=O)cc1.O=S(=O)([N-]S(=O)(=O)C(F)(F)F)C(F)(F)F. The highest BCUT2D eigenvalue weighted by Gasteiger charge is 2.47. The van der Waals surface area contributed by atoms with Crippen LogP contribution in [0.25, 0.3) is 4.13 Å². The van der Waals surface area contributed by atoms with E-state index >= 15 is 0 Å². The van der Waals surface area contributed by atoms with Crippen molar-refractivity contribution in [3.8, 4) is 0 Å². The molecule has 0 spiro atoms. The molecule has 1 amide bonds. The molecule has 1 rings (SSSR count). The highest BCUT2D eigenvalue weighted by Crippen LogP contribution is 2.36. The number of hydrogen-bond donors (Lipinski definition) is 1. The third kappa shape index (κ3) is 19.3. The van der Waals surface area contributed by atoms with E-state index in [1.165, 1.54) is 103 Å². The lowest BCUT2D eigenvalue weighted by Crippen LogP contribution is -2.52. The molecule has 0 aromatic heterocycles. The van der Waals surface area contributed by atoms with Crippen molar-refractivity contribution in [2.24, 2.45) is 4.99 Å². The Morgan fingerprint density at radius 3 is 1.49 bits per heavy atom. The molecule has 0 aliphatic heterocycles. The van der Waals surface area contributed by atoms with Gasteiger partial charge in [0.15, 0.2) is 20.0 Å². The lowest BCUT2D eigenvalue weighted by Gasteiger charge is -2.39. The van der Waals surface area contributed by atoms with Gasteiger partial charge in [-0.3, -0.25) is 5.32 Å². The molecule has 0 aliphatic carbocycles. The number of alkyl halides is 6. The number of quaternary nitrogens is 1. The van der Waals surface area contributed by atoms with Crippen molar-refractivity contribution in [2.75, 3.05) is 38.1 Å². The second-order valence-corrected chi connectivity index (χ2v) is 14.8. The standard InChI is InChI=1S/C28H47N3O3.C2F6NO4S2/c1-4-7-10-13-20-31(21-14-11-8-5-2,22-15-12-9-6-3)23-24-34-28(33)30-27-18-16-26(17-19-27)29-25-32;3-1(4,5)14(10,11)9-15(12,13)2(6,7)8/h16-19H,4-15,20-24H2,1-3H3;/q;-1/p+1. The molecule has 0 saturated carbocycles. The normalized spacial score (nSPS) is 12.4. The first-order valence-electron chi connectivity index (χ1n) is 16.1. The molecule has 0 saturated heterocycles. The number of ether oxygens (including phenoxy) is 1. The lowest BCUT2D eigenvalue weighted by molar-refractivity contribution is -0.929. The van der Waals surface area contributed by atoms with E-state index in [0.717, 1.165) is 15.2 Å². The number of aliphatic imine (C=N–C) groups is 1. The maximum Gasteiger partial charge on any atom is 0.480 e. The van der Waals surface area contributed by atoms with Crippen LogP contribution >= 0.6 is 0 Å². The molecule has 1 N–H and O–H groups in total. The van der Waals surface area contributed by atoms with Crippen LogP contribution in [0.5, 0.6) is 0 Å². The number of halogens is 6. The first-order valence-corrected chi connectivity index (χ1v) is 19.0. The fraction of sp³-hybridized carbons (Fsp3) is 0.733. The van der Waals surface area contributed by atoms with Crippen LogP contribution in [0.15, 0.2) is 29.3 Å². The Morgan fingerprint density at radius 1 is 0.735 bits per heavy atom. The zero-order valence-electron chi connectivity index (χ0n) is 28.1. The van der Waals surface area contributed by atoms with Crippen LogP contribution in [-0.2, 0) is 29.6 Å². The predicted octanol–water partition coefficient (Wildman–Crippen LogP) is 8.82. The van der Waals surface area contributed by atoms with E-state index in [9.17, 15) is 52.8 Å². The van der Waals surface area contributed by atoms with Crippen LogP contribution in [0.2, 0.25) is 0 Å². The first-order chi connectivity index (χ1) is 22.8. The summed E-state index contributed by atoms with van der Waals surface area (Å²) in [5.74, 6) is 0. The molecule has 284 valence electrons. The van der Waals surface area contributed by atoms with Crippen molar-refractivity contribution in [3.63, 3.8) is 0 Å². The van der Waals surface area contributed by atoms with Gasteiger partial charge in [0.1, 0.15) is 13.2 Å². The second kappa shape index (κ2) is 22.9. The van der Waals surface area contributed by atoms with E-state index in [0.29, 0.717) is 18.0 Å². The number of carbonyl (C=O) groups excluding carboxylic acids is 2. The zero-order valence-corrected chi connectivity index (χ0v) is 29.7. The summed E-state index contributed by atoms with van der Waals surface area (Å²) in [6, 6.07) is 6.72. The Balaban J connectivity index is 0.00000129. The number of carbonyl (C=O) groups is 1. The largest absolute Gasteiger partial charge is 0.480 e. The number of rotatable bonds is 22. The van der Waals surface area contributed by atoms with Gasteiger partial charge in [-0.15, -0.1) is 0 Å². The van der Waals surface area contributed by atoms with Gasteiger partial charge in [0.25, 0.3) is 0 Å². The van der Waals surface area contributed by atoms with Crippen LogP contribution in [0, 0.1) is 0 Å². The molecular formula is C30H48F6N4O7S2. The molecule has 0 bridgehead atoms. The van der Waals surface area contributed by atoms with Crippen molar-refractivity contribution in [1.82, 2.24) is 0 Å². The maximum atomic E-state index is 12.4. The van der Waals surface area contributed by atoms with Gasteiger partial charge in [-0.2, -0.15) is 31.3 Å². The minimum Gasteiger partial charge on any atom is -0.443 e. The average molecular weight is 755 g/mol. The molecule has 0 aliphatic rings. The lowest BCUT2D eigenvalue weighted by atomic mass is 10.1. The van der Waals surface area contributed by atoms with E-state index in [1.807, 2.05) is 0 Å². The number of unbranched alkanes of at least 4 members (excludes halogenated alkanes) is 9. The van der Waals surface area contributed by atoms with Gasteiger partial charge in [0.2, 0.25) is 6.08 Å². The number of anilines is 1. The Kier molecular flexibility index (Phi) is 21.6. The molecule has 1 aromatic rings. The highest BCUT2D eigenvalue weighted by atomic mass is 32.3. The summed E-state index contributed by atoms with van der Waals surface area (Å²) in [4.78, 5) is 26.3. The number of hydrogen-bond acceptors (Lipinski definition) is 8. The van der Waals surface area contributed by atoms with Crippen molar-refractivity contribution in [3.05, 3.63) is 28.4 Å². The van der Waals surface area contributed by atoms with Gasteiger partial charge in [-0.1, -0.05) is 59.3 Å². The van der Waals surface area contributed by atoms with E-state index in [1.54, 1.807) is 24.3 Å². The number of nitrogens with one attached hydrogen (secondary N) is 1. The summed E-state index contributed by atoms with van der Waals surface area (Å²) in [5, 5.41) is 2.77. The van der Waals surface area contributed by atoms with Crippen LogP contribution < -0.4 is 5.32 Å². The van der Waals surface area contributed by atoms with Crippen molar-refractivity contribution >= 4 is 43.6 Å². The molecule has 0 atom stereocenters. The van der Waals surface area contributed by atoms with Gasteiger partial charge >= 0.3 is 17.1 Å². The fourth-order valence-corrected chi connectivity index (χ4v) is 6.37. The minimum absolute atomic E-state index is 0.425.